The van der Waals surface area contributed by atoms with Gasteiger partial charge in [0.2, 0.25) is 5.91 Å². The number of carbonyl (C=O) groups is 3. The van der Waals surface area contributed by atoms with Gasteiger partial charge in [-0.1, -0.05) is 64.7 Å². The van der Waals surface area contributed by atoms with Gasteiger partial charge in [0.15, 0.2) is 0 Å². The van der Waals surface area contributed by atoms with Gasteiger partial charge < -0.3 is 14.8 Å². The third-order valence-corrected chi connectivity index (χ3v) is 4.19. The van der Waals surface area contributed by atoms with Crippen molar-refractivity contribution >= 4 is 17.8 Å². The highest BCUT2D eigenvalue weighted by atomic mass is 16.5. The second-order valence-electron chi connectivity index (χ2n) is 7.09. The smallest absolute Gasteiger partial charge is 0.333 e. The van der Waals surface area contributed by atoms with Gasteiger partial charge >= 0.3 is 11.9 Å². The minimum absolute atomic E-state index is 0.0579. The Hall–Kier alpha value is -2.37. The molecule has 0 aromatic rings. The number of esters is 2. The highest BCUT2D eigenvalue weighted by Crippen LogP contribution is 2.12. The summed E-state index contributed by atoms with van der Waals surface area (Å²) in [6, 6.07) is 0. The Morgan fingerprint density at radius 1 is 1.10 bits per heavy atom. The highest BCUT2D eigenvalue weighted by molar-refractivity contribution is 5.86. The molecular formula is C24H41NO5. The van der Waals surface area contributed by atoms with Gasteiger partial charge in [-0.2, -0.15) is 0 Å². The highest BCUT2D eigenvalue weighted by Gasteiger charge is 2.16. The van der Waals surface area contributed by atoms with Crippen LogP contribution in [0, 0.1) is 5.92 Å². The number of amides is 1. The number of carbonyl (C=O) groups excluding carboxylic acids is 3. The predicted octanol–water partition coefficient (Wildman–Crippen LogP) is 5.25. The maximum absolute atomic E-state index is 11.1. The first-order valence-corrected chi connectivity index (χ1v) is 10.8. The molecule has 6 heteroatoms. The zero-order valence-corrected chi connectivity index (χ0v) is 19.2. The number of hydrogen-bond donors (Lipinski definition) is 1. The molecule has 1 N–H and O–H groups in total. The van der Waals surface area contributed by atoms with Crippen molar-refractivity contribution in [1.82, 2.24) is 5.32 Å². The minimum Gasteiger partial charge on any atom is -0.462 e. The van der Waals surface area contributed by atoms with Crippen LogP contribution in [-0.4, -0.2) is 31.0 Å². The second kappa shape index (κ2) is 21.3. The maximum Gasteiger partial charge on any atom is 0.333 e. The topological polar surface area (TPSA) is 81.7 Å². The quantitative estimate of drug-likeness (QED) is 0.171. The van der Waals surface area contributed by atoms with Crippen LogP contribution < -0.4 is 5.32 Å². The van der Waals surface area contributed by atoms with E-state index >= 15 is 0 Å². The Balaban J connectivity index is 0. The number of nitrogens with one attached hydrogen (secondary N) is 1. The molecule has 1 amide bonds. The summed E-state index contributed by atoms with van der Waals surface area (Å²) in [4.78, 5) is 31.8. The molecule has 1 unspecified atom stereocenters. The number of rotatable bonds is 10. The van der Waals surface area contributed by atoms with E-state index in [9.17, 15) is 14.4 Å². The Morgan fingerprint density at radius 2 is 1.73 bits per heavy atom. The van der Waals surface area contributed by atoms with Crippen molar-refractivity contribution in [3.63, 3.8) is 0 Å². The van der Waals surface area contributed by atoms with Crippen molar-refractivity contribution in [3.05, 3.63) is 37.6 Å². The van der Waals surface area contributed by atoms with Gasteiger partial charge in [-0.05, 0) is 26.2 Å². The average molecular weight is 424 g/mol. The molecule has 1 aliphatic rings. The van der Waals surface area contributed by atoms with Crippen LogP contribution in [0.3, 0.4) is 0 Å². The van der Waals surface area contributed by atoms with E-state index < -0.39 is 0 Å². The van der Waals surface area contributed by atoms with E-state index in [0.29, 0.717) is 12.2 Å². The van der Waals surface area contributed by atoms with Gasteiger partial charge in [-0.3, -0.25) is 9.59 Å². The van der Waals surface area contributed by atoms with Crippen LogP contribution >= 0.6 is 0 Å². The Kier molecular flexibility index (Phi) is 21.2. The molecule has 1 fully saturated rings. The molecule has 0 spiro atoms. The van der Waals surface area contributed by atoms with Gasteiger partial charge in [-0.15, -0.1) is 6.58 Å². The summed E-state index contributed by atoms with van der Waals surface area (Å²) >= 11 is 0. The molecule has 30 heavy (non-hydrogen) atoms. The molecule has 1 saturated heterocycles. The zero-order valence-electron chi connectivity index (χ0n) is 19.2. The molecule has 1 aliphatic heterocycles. The monoisotopic (exact) mass is 423 g/mol. The van der Waals surface area contributed by atoms with E-state index in [1.807, 2.05) is 0 Å². The predicted molar refractivity (Wildman–Crippen MR) is 122 cm³/mol. The molecule has 0 aromatic carbocycles. The molecule has 0 bridgehead atoms. The van der Waals surface area contributed by atoms with Crippen molar-refractivity contribution in [2.75, 3.05) is 13.2 Å². The molecule has 1 atom stereocenters. The lowest BCUT2D eigenvalue weighted by Crippen LogP contribution is -2.27. The second-order valence-corrected chi connectivity index (χ2v) is 7.09. The normalized spacial score (nSPS) is 14.9. The Labute approximate surface area is 182 Å². The van der Waals surface area contributed by atoms with Crippen molar-refractivity contribution < 1.29 is 23.9 Å². The number of ether oxygens (including phenoxy) is 2. The van der Waals surface area contributed by atoms with Crippen LogP contribution in [0.15, 0.2) is 37.6 Å². The van der Waals surface area contributed by atoms with E-state index in [2.05, 4.69) is 36.7 Å². The molecule has 0 saturated carbocycles. The molecule has 0 aliphatic carbocycles. The van der Waals surface area contributed by atoms with E-state index in [1.165, 1.54) is 32.6 Å². The number of hydrogen-bond acceptors (Lipinski definition) is 5. The van der Waals surface area contributed by atoms with Gasteiger partial charge in [-0.25, -0.2) is 4.79 Å². The molecule has 6 nitrogen and oxygen atoms in total. The summed E-state index contributed by atoms with van der Waals surface area (Å²) in [7, 11) is 0. The fourth-order valence-electron chi connectivity index (χ4n) is 2.48. The zero-order chi connectivity index (χ0) is 23.2. The summed E-state index contributed by atoms with van der Waals surface area (Å²) < 4.78 is 9.14. The molecule has 172 valence electrons. The summed E-state index contributed by atoms with van der Waals surface area (Å²) in [5.74, 6) is -0.390. The van der Waals surface area contributed by atoms with Gasteiger partial charge in [0.25, 0.3) is 0 Å². The van der Waals surface area contributed by atoms with E-state index in [0.717, 1.165) is 44.9 Å². The van der Waals surface area contributed by atoms with Crippen LogP contribution in [0.5, 0.6) is 0 Å². The largest absolute Gasteiger partial charge is 0.462 e. The third-order valence-electron chi connectivity index (χ3n) is 4.19. The first kappa shape index (κ1) is 29.8. The molecule has 0 radical (unpaired) electrons. The molecule has 1 rings (SSSR count). The van der Waals surface area contributed by atoms with Crippen molar-refractivity contribution in [1.29, 1.82) is 0 Å². The van der Waals surface area contributed by atoms with E-state index in [4.69, 9.17) is 4.74 Å². The van der Waals surface area contributed by atoms with Crippen LogP contribution in [0.1, 0.15) is 78.6 Å². The SMILES string of the molecule is C=C(C)C(=O)OCCCCCCCC.C=CC1CCCCNC1=O.C=COC(C)=O. The molecule has 1 heterocycles. The summed E-state index contributed by atoms with van der Waals surface area (Å²) in [6.07, 6.45) is 13.3. The third kappa shape index (κ3) is 20.4. The Morgan fingerprint density at radius 3 is 2.23 bits per heavy atom. The van der Waals surface area contributed by atoms with E-state index in [1.54, 1.807) is 13.0 Å². The number of unbranched alkanes of at least 4 members (excludes halogenated alkanes) is 5. The first-order chi connectivity index (χ1) is 14.3. The molecule has 0 aromatic heterocycles. The van der Waals surface area contributed by atoms with Crippen LogP contribution in [0.2, 0.25) is 0 Å². The lowest BCUT2D eigenvalue weighted by molar-refractivity contribution is -0.139. The lowest BCUT2D eigenvalue weighted by atomic mass is 10.0. The van der Waals surface area contributed by atoms with Crippen LogP contribution in [0.25, 0.3) is 0 Å². The standard InChI is InChI=1S/C12H22O2.C8H13NO.C4H6O2/c1-4-5-6-7-8-9-10-14-12(13)11(2)3;1-2-7-5-3-4-6-9-8(7)10;1-3-6-4(2)5/h2,4-10H2,1,3H3;2,7H,1,3-6H2,(H,9,10);3H,1H2,2H3. The van der Waals surface area contributed by atoms with E-state index in [-0.39, 0.29) is 23.8 Å². The van der Waals surface area contributed by atoms with Gasteiger partial charge in [0.05, 0.1) is 18.8 Å². The van der Waals surface area contributed by atoms with Crippen molar-refractivity contribution in [2.45, 2.75) is 78.6 Å². The summed E-state index contributed by atoms with van der Waals surface area (Å²) in [6.45, 7) is 16.9. The van der Waals surface area contributed by atoms with Gasteiger partial charge in [0.1, 0.15) is 0 Å². The molecular weight excluding hydrogens is 382 g/mol. The van der Waals surface area contributed by atoms with Crippen molar-refractivity contribution in [3.8, 4) is 0 Å². The van der Waals surface area contributed by atoms with Crippen molar-refractivity contribution in [2.24, 2.45) is 5.92 Å². The van der Waals surface area contributed by atoms with Gasteiger partial charge in [0, 0.05) is 19.0 Å². The Bertz CT molecular complexity index is 528. The lowest BCUT2D eigenvalue weighted by Gasteiger charge is -2.05. The first-order valence-electron chi connectivity index (χ1n) is 10.8. The minimum atomic E-state index is -0.329. The maximum atomic E-state index is 11.1. The fraction of sp³-hybridized carbons (Fsp3) is 0.625. The average Bonchev–Trinajstić information content (AvgIpc) is 2.91. The van der Waals surface area contributed by atoms with Crippen LogP contribution in [0.4, 0.5) is 0 Å². The fourth-order valence-corrected chi connectivity index (χ4v) is 2.48. The summed E-state index contributed by atoms with van der Waals surface area (Å²) in [5, 5.41) is 2.84. The summed E-state index contributed by atoms with van der Waals surface area (Å²) in [5.41, 5.74) is 0.482. The van der Waals surface area contributed by atoms with Crippen LogP contribution in [-0.2, 0) is 23.9 Å².